The molecule has 0 spiro atoms. The molecule has 1 aliphatic heterocycles. The van der Waals surface area contributed by atoms with Gasteiger partial charge in [0.1, 0.15) is 22.2 Å². The minimum absolute atomic E-state index is 0.367. The van der Waals surface area contributed by atoms with Crippen LogP contribution in [0.5, 0.6) is 0 Å². The number of amides is 1. The van der Waals surface area contributed by atoms with E-state index in [0.29, 0.717) is 18.8 Å². The normalized spacial score (nSPS) is 18.7. The number of aryl methyl sites for hydroxylation is 1. The number of rotatable bonds is 3. The molecule has 1 amide bonds. The molecule has 0 bridgehead atoms. The van der Waals surface area contributed by atoms with Crippen LogP contribution in [0.3, 0.4) is 0 Å². The summed E-state index contributed by atoms with van der Waals surface area (Å²) >= 11 is 0. The average Bonchev–Trinajstić information content (AvgIpc) is 2.68. The predicted molar refractivity (Wildman–Crippen MR) is 61.2 cm³/mol. The zero-order chi connectivity index (χ0) is 13.3. The highest BCUT2D eigenvalue weighted by atomic mass is 16.4. The fourth-order valence-electron chi connectivity index (χ4n) is 2.33. The lowest BCUT2D eigenvalue weighted by molar-refractivity contribution is -0.00131. The van der Waals surface area contributed by atoms with Gasteiger partial charge in [0.25, 0.3) is 0 Å². The van der Waals surface area contributed by atoms with Crippen molar-refractivity contribution >= 4 is 6.09 Å². The summed E-state index contributed by atoms with van der Waals surface area (Å²) in [5.74, 6) is 1.38. The van der Waals surface area contributed by atoms with Gasteiger partial charge in [-0.25, -0.2) is 4.79 Å². The highest BCUT2D eigenvalue weighted by Crippen LogP contribution is 2.44. The second-order valence-corrected chi connectivity index (χ2v) is 4.86. The minimum Gasteiger partial charge on any atom is -0.465 e. The minimum atomic E-state index is -0.940. The fraction of sp³-hybridized carbons (Fsp3) is 0.545. The van der Waals surface area contributed by atoms with E-state index in [1.165, 1.54) is 4.90 Å². The molecule has 0 aliphatic carbocycles. The van der Waals surface area contributed by atoms with Crippen molar-refractivity contribution in [1.82, 2.24) is 9.81 Å². The highest BCUT2D eigenvalue weighted by Gasteiger charge is 2.51. The van der Waals surface area contributed by atoms with Crippen molar-refractivity contribution in [2.24, 2.45) is 10.5 Å². The topological polar surface area (TPSA) is 104 Å². The van der Waals surface area contributed by atoms with Crippen LogP contribution in [-0.2, 0) is 0 Å². The Morgan fingerprint density at radius 2 is 2.33 bits per heavy atom. The second-order valence-electron chi connectivity index (χ2n) is 4.86. The molecule has 7 heteroatoms. The van der Waals surface area contributed by atoms with E-state index in [1.807, 2.05) is 19.9 Å². The van der Waals surface area contributed by atoms with Crippen LogP contribution in [-0.4, -0.2) is 29.2 Å². The maximum atomic E-state index is 10.8. The summed E-state index contributed by atoms with van der Waals surface area (Å²) < 4.78 is 5.51. The monoisotopic (exact) mass is 251 g/mol. The largest absolute Gasteiger partial charge is 0.465 e. The van der Waals surface area contributed by atoms with Crippen LogP contribution in [0.25, 0.3) is 0 Å². The molecule has 2 heterocycles. The fourth-order valence-corrected chi connectivity index (χ4v) is 2.33. The van der Waals surface area contributed by atoms with Crippen LogP contribution >= 0.6 is 0 Å². The summed E-state index contributed by atoms with van der Waals surface area (Å²) in [6, 6.07) is 3.20. The molecular formula is C11H15N4O3+. The Morgan fingerprint density at radius 3 is 2.78 bits per heavy atom. The summed E-state index contributed by atoms with van der Waals surface area (Å²) in [4.78, 5) is 15.2. The van der Waals surface area contributed by atoms with Crippen LogP contribution in [0.1, 0.15) is 24.5 Å². The predicted octanol–water partition coefficient (Wildman–Crippen LogP) is 2.18. The van der Waals surface area contributed by atoms with Crippen LogP contribution in [0.2, 0.25) is 0 Å². The Hall–Kier alpha value is -2.14. The molecule has 18 heavy (non-hydrogen) atoms. The third kappa shape index (κ3) is 2.00. The van der Waals surface area contributed by atoms with Crippen molar-refractivity contribution in [1.29, 1.82) is 5.53 Å². The summed E-state index contributed by atoms with van der Waals surface area (Å²) in [5.41, 5.74) is 6.52. The van der Waals surface area contributed by atoms with Gasteiger partial charge in [0.05, 0.1) is 0 Å². The lowest BCUT2D eigenvalue weighted by Gasteiger charge is -2.47. The molecule has 1 saturated heterocycles. The summed E-state index contributed by atoms with van der Waals surface area (Å²) in [7, 11) is 0. The molecule has 1 fully saturated rings. The number of nitrogens with one attached hydrogen (secondary N) is 1. The molecule has 2 rings (SSSR count). The zero-order valence-electron chi connectivity index (χ0n) is 10.3. The highest BCUT2D eigenvalue weighted by molar-refractivity contribution is 5.66. The standard InChI is InChI=1S/C11H14N4O3/c1-7-3-4-8(18-7)9(13-14-12)11(2)5-15(6-11)10(16)17/h3-4,9,12H,5-6H2,1-2H3/p+1. The van der Waals surface area contributed by atoms with Crippen molar-refractivity contribution < 1.29 is 14.3 Å². The van der Waals surface area contributed by atoms with Crippen molar-refractivity contribution in [3.63, 3.8) is 0 Å². The molecule has 1 unspecified atom stereocenters. The molecule has 1 aliphatic rings. The lowest BCUT2D eigenvalue weighted by Crippen LogP contribution is -2.58. The molecule has 96 valence electrons. The molecule has 2 N–H and O–H groups in total. The molecule has 0 aromatic carbocycles. The Bertz CT molecular complexity index is 512. The molecule has 7 nitrogen and oxygen atoms in total. The van der Waals surface area contributed by atoms with Gasteiger partial charge in [0.15, 0.2) is 6.04 Å². The van der Waals surface area contributed by atoms with Gasteiger partial charge in [-0.15, -0.1) is 0 Å². The van der Waals surface area contributed by atoms with Crippen molar-refractivity contribution in [2.45, 2.75) is 19.9 Å². The van der Waals surface area contributed by atoms with Gasteiger partial charge in [0, 0.05) is 18.5 Å². The molecule has 1 aromatic heterocycles. The second kappa shape index (κ2) is 4.27. The van der Waals surface area contributed by atoms with Gasteiger partial charge in [-0.1, -0.05) is 6.92 Å². The Kier molecular flexibility index (Phi) is 2.92. The number of carboxylic acid groups (broad SMARTS) is 1. The van der Waals surface area contributed by atoms with E-state index in [1.54, 1.807) is 6.07 Å². The number of nitrogens with zero attached hydrogens (tertiary/aromatic N) is 3. The van der Waals surface area contributed by atoms with Crippen LogP contribution < -0.4 is 4.91 Å². The van der Waals surface area contributed by atoms with E-state index in [2.05, 4.69) is 10.0 Å². The van der Waals surface area contributed by atoms with E-state index in [-0.39, 0.29) is 5.41 Å². The van der Waals surface area contributed by atoms with E-state index in [0.717, 1.165) is 5.76 Å². The Morgan fingerprint density at radius 1 is 1.67 bits per heavy atom. The smallest absolute Gasteiger partial charge is 0.407 e. The first-order valence-corrected chi connectivity index (χ1v) is 5.57. The first-order valence-electron chi connectivity index (χ1n) is 5.57. The van der Waals surface area contributed by atoms with Gasteiger partial charge < -0.3 is 14.4 Å². The van der Waals surface area contributed by atoms with Gasteiger partial charge in [0.2, 0.25) is 4.91 Å². The average molecular weight is 251 g/mol. The SMILES string of the molecule is Cc1ccc(C(N=[N+]=N)C2(C)CN(C(=O)O)C2)o1. The quantitative estimate of drug-likeness (QED) is 0.635. The molecule has 1 atom stereocenters. The van der Waals surface area contributed by atoms with Crippen LogP contribution in [0.4, 0.5) is 4.79 Å². The van der Waals surface area contributed by atoms with Gasteiger partial charge in [-0.3, -0.25) is 0 Å². The van der Waals surface area contributed by atoms with Crippen LogP contribution in [0.15, 0.2) is 21.7 Å². The van der Waals surface area contributed by atoms with Crippen molar-refractivity contribution in [3.05, 3.63) is 23.7 Å². The van der Waals surface area contributed by atoms with Gasteiger partial charge >= 0.3 is 6.09 Å². The van der Waals surface area contributed by atoms with Gasteiger partial charge in [-0.2, -0.15) is 0 Å². The molecular weight excluding hydrogens is 236 g/mol. The van der Waals surface area contributed by atoms with Crippen molar-refractivity contribution in [3.8, 4) is 0 Å². The Balaban J connectivity index is 2.22. The summed E-state index contributed by atoms with van der Waals surface area (Å²) in [5, 5.41) is 12.7. The lowest BCUT2D eigenvalue weighted by atomic mass is 9.74. The molecule has 1 aromatic rings. The van der Waals surface area contributed by atoms with Crippen LogP contribution in [0, 0.1) is 17.9 Å². The van der Waals surface area contributed by atoms with Gasteiger partial charge in [-0.05, 0) is 19.1 Å². The number of hydrogen-bond donors (Lipinski definition) is 2. The third-order valence-corrected chi connectivity index (χ3v) is 3.24. The summed E-state index contributed by atoms with van der Waals surface area (Å²) in [6.07, 6.45) is -0.940. The number of hydrogen-bond acceptors (Lipinski definition) is 4. The molecule has 0 radical (unpaired) electrons. The van der Waals surface area contributed by atoms with E-state index < -0.39 is 12.1 Å². The number of carbonyl (C=O) groups is 1. The zero-order valence-corrected chi connectivity index (χ0v) is 10.3. The summed E-state index contributed by atoms with van der Waals surface area (Å²) in [6.45, 7) is 4.48. The van der Waals surface area contributed by atoms with E-state index in [4.69, 9.17) is 15.1 Å². The molecule has 0 saturated carbocycles. The number of furan rings is 1. The maximum Gasteiger partial charge on any atom is 0.407 e. The van der Waals surface area contributed by atoms with Crippen molar-refractivity contribution in [2.75, 3.05) is 13.1 Å². The van der Waals surface area contributed by atoms with E-state index >= 15 is 0 Å². The first-order chi connectivity index (χ1) is 8.46. The first kappa shape index (κ1) is 12.3. The van der Waals surface area contributed by atoms with E-state index in [9.17, 15) is 4.79 Å². The Labute approximate surface area is 104 Å². The number of likely N-dealkylation sites (tertiary alicyclic amines) is 1. The third-order valence-electron chi connectivity index (χ3n) is 3.24. The maximum absolute atomic E-state index is 10.8.